The van der Waals surface area contributed by atoms with E-state index in [-0.39, 0.29) is 11.5 Å². The first-order chi connectivity index (χ1) is 13.7. The van der Waals surface area contributed by atoms with E-state index in [2.05, 4.69) is 15.0 Å². The number of benzene rings is 2. The van der Waals surface area contributed by atoms with E-state index in [9.17, 15) is 9.59 Å². The fourth-order valence-corrected chi connectivity index (χ4v) is 3.51. The first-order valence-electron chi connectivity index (χ1n) is 9.06. The summed E-state index contributed by atoms with van der Waals surface area (Å²) in [6.45, 7) is 1.52. The summed E-state index contributed by atoms with van der Waals surface area (Å²) >= 11 is 0. The van der Waals surface area contributed by atoms with Crippen LogP contribution in [0.5, 0.6) is 0 Å². The summed E-state index contributed by atoms with van der Waals surface area (Å²) in [4.78, 5) is 33.1. The van der Waals surface area contributed by atoms with E-state index in [4.69, 9.17) is 4.98 Å². The van der Waals surface area contributed by atoms with Crippen LogP contribution in [0.3, 0.4) is 0 Å². The largest absolute Gasteiger partial charge is 0.370 e. The first kappa shape index (κ1) is 16.4. The third kappa shape index (κ3) is 2.68. The van der Waals surface area contributed by atoms with Gasteiger partial charge >= 0.3 is 0 Å². The zero-order valence-corrected chi connectivity index (χ0v) is 14.9. The van der Waals surface area contributed by atoms with Gasteiger partial charge < -0.3 is 9.88 Å². The van der Waals surface area contributed by atoms with Crippen LogP contribution in [0, 0.1) is 0 Å². The van der Waals surface area contributed by atoms with Crippen LogP contribution in [0.2, 0.25) is 0 Å². The minimum atomic E-state index is -0.170. The fourth-order valence-electron chi connectivity index (χ4n) is 3.51. The van der Waals surface area contributed by atoms with Crippen LogP contribution < -0.4 is 10.5 Å². The molecule has 138 valence electrons. The smallest absolute Gasteiger partial charge is 0.262 e. The second-order valence-electron chi connectivity index (χ2n) is 6.89. The maximum atomic E-state index is 12.5. The Balaban J connectivity index is 1.44. The van der Waals surface area contributed by atoms with Crippen molar-refractivity contribution in [2.75, 3.05) is 18.0 Å². The number of carbonyl (C=O) groups is 1. The Bertz CT molecular complexity index is 1210. The Labute approximate surface area is 160 Å². The summed E-state index contributed by atoms with van der Waals surface area (Å²) in [6.07, 6.45) is 2.39. The molecule has 2 aromatic carbocycles. The van der Waals surface area contributed by atoms with Gasteiger partial charge in [0.25, 0.3) is 5.56 Å². The fraction of sp³-hybridized carbons (Fsp3) is 0.143. The van der Waals surface area contributed by atoms with Crippen LogP contribution in [-0.4, -0.2) is 39.1 Å². The second-order valence-corrected chi connectivity index (χ2v) is 6.89. The van der Waals surface area contributed by atoms with E-state index in [1.165, 1.54) is 0 Å². The Morgan fingerprint density at radius 2 is 1.75 bits per heavy atom. The van der Waals surface area contributed by atoms with Crippen molar-refractivity contribution in [1.82, 2.24) is 19.7 Å². The maximum absolute atomic E-state index is 12.5. The van der Waals surface area contributed by atoms with Crippen LogP contribution in [0.15, 0.2) is 65.6 Å². The first-order valence-corrected chi connectivity index (χ1v) is 9.06. The molecule has 7 heteroatoms. The van der Waals surface area contributed by atoms with Gasteiger partial charge in [0, 0.05) is 24.3 Å². The monoisotopic (exact) mass is 371 g/mol. The van der Waals surface area contributed by atoms with Gasteiger partial charge in [0.2, 0.25) is 0 Å². The number of anilines is 1. The average Bonchev–Trinajstić information content (AvgIpc) is 3.13. The summed E-state index contributed by atoms with van der Waals surface area (Å²) in [7, 11) is 0. The highest BCUT2D eigenvalue weighted by atomic mass is 16.1. The number of aromatic amines is 1. The standard InChI is InChI=1S/C21H17N5O2/c27-13-14-6-8-16(9-7-14)25-11-15(12-25)19-23-20-18(21(28)24-19)10-22-26(20)17-4-2-1-3-5-17/h1-10,13,15H,11-12H2,(H,23,24,28). The summed E-state index contributed by atoms with van der Waals surface area (Å²) in [5, 5.41) is 4.82. The molecule has 3 heterocycles. The van der Waals surface area contributed by atoms with Gasteiger partial charge in [-0.05, 0) is 36.4 Å². The van der Waals surface area contributed by atoms with E-state index >= 15 is 0 Å². The molecule has 0 saturated carbocycles. The zero-order chi connectivity index (χ0) is 19.1. The Morgan fingerprint density at radius 1 is 1.00 bits per heavy atom. The van der Waals surface area contributed by atoms with E-state index in [0.29, 0.717) is 22.4 Å². The lowest BCUT2D eigenvalue weighted by atomic mass is 9.98. The number of nitrogens with zero attached hydrogens (tertiary/aromatic N) is 4. The van der Waals surface area contributed by atoms with Crippen molar-refractivity contribution in [2.45, 2.75) is 5.92 Å². The molecule has 7 nitrogen and oxygen atoms in total. The molecule has 5 rings (SSSR count). The number of H-pyrrole nitrogens is 1. The van der Waals surface area contributed by atoms with Gasteiger partial charge in [0.1, 0.15) is 17.5 Å². The lowest BCUT2D eigenvalue weighted by molar-refractivity contribution is 0.112. The molecule has 4 aromatic rings. The maximum Gasteiger partial charge on any atom is 0.262 e. The molecule has 1 aliphatic rings. The topological polar surface area (TPSA) is 83.9 Å². The Kier molecular flexibility index (Phi) is 3.79. The van der Waals surface area contributed by atoms with Gasteiger partial charge in [0.15, 0.2) is 5.65 Å². The number of rotatable bonds is 4. The molecule has 1 N–H and O–H groups in total. The van der Waals surface area contributed by atoms with Crippen LogP contribution in [0.25, 0.3) is 16.7 Å². The number of fused-ring (bicyclic) bond motifs is 1. The zero-order valence-electron chi connectivity index (χ0n) is 14.9. The van der Waals surface area contributed by atoms with Crippen molar-refractivity contribution in [3.8, 4) is 5.69 Å². The van der Waals surface area contributed by atoms with Gasteiger partial charge in [-0.3, -0.25) is 9.59 Å². The molecular weight excluding hydrogens is 354 g/mol. The molecule has 1 fully saturated rings. The molecule has 0 atom stereocenters. The molecule has 28 heavy (non-hydrogen) atoms. The van der Waals surface area contributed by atoms with E-state index in [0.717, 1.165) is 30.8 Å². The quantitative estimate of drug-likeness (QED) is 0.557. The van der Waals surface area contributed by atoms with E-state index in [1.807, 2.05) is 42.5 Å². The van der Waals surface area contributed by atoms with Crippen LogP contribution in [0.4, 0.5) is 5.69 Å². The van der Waals surface area contributed by atoms with E-state index < -0.39 is 0 Å². The molecule has 0 bridgehead atoms. The summed E-state index contributed by atoms with van der Waals surface area (Å²) < 4.78 is 1.70. The lowest BCUT2D eigenvalue weighted by Crippen LogP contribution is -2.46. The highest BCUT2D eigenvalue weighted by Gasteiger charge is 2.31. The number of hydrogen-bond acceptors (Lipinski definition) is 5. The highest BCUT2D eigenvalue weighted by Crippen LogP contribution is 2.30. The molecule has 0 spiro atoms. The van der Waals surface area contributed by atoms with Crippen molar-refractivity contribution in [1.29, 1.82) is 0 Å². The second kappa shape index (κ2) is 6.45. The molecule has 1 aliphatic heterocycles. The summed E-state index contributed by atoms with van der Waals surface area (Å²) in [6, 6.07) is 17.1. The molecule has 0 radical (unpaired) electrons. The van der Waals surface area contributed by atoms with E-state index in [1.54, 1.807) is 23.0 Å². The minimum absolute atomic E-state index is 0.141. The Hall–Kier alpha value is -3.74. The number of aldehydes is 1. The Morgan fingerprint density at radius 3 is 2.46 bits per heavy atom. The van der Waals surface area contributed by atoms with Crippen molar-refractivity contribution in [2.24, 2.45) is 0 Å². The van der Waals surface area contributed by atoms with Crippen LogP contribution in [-0.2, 0) is 0 Å². The highest BCUT2D eigenvalue weighted by molar-refractivity contribution is 5.76. The van der Waals surface area contributed by atoms with Gasteiger partial charge in [-0.25, -0.2) is 9.67 Å². The van der Waals surface area contributed by atoms with Crippen molar-refractivity contribution >= 4 is 23.0 Å². The van der Waals surface area contributed by atoms with Gasteiger partial charge in [-0.1, -0.05) is 18.2 Å². The normalized spacial score (nSPS) is 14.2. The predicted octanol–water partition coefficient (Wildman–Crippen LogP) is 2.53. The van der Waals surface area contributed by atoms with Gasteiger partial charge in [-0.2, -0.15) is 5.10 Å². The lowest BCUT2D eigenvalue weighted by Gasteiger charge is -2.40. The third-order valence-electron chi connectivity index (χ3n) is 5.12. The number of aromatic nitrogens is 4. The van der Waals surface area contributed by atoms with Crippen molar-refractivity contribution in [3.63, 3.8) is 0 Å². The summed E-state index contributed by atoms with van der Waals surface area (Å²) in [5.74, 6) is 0.818. The molecule has 0 amide bonds. The van der Waals surface area contributed by atoms with Crippen molar-refractivity contribution < 1.29 is 4.79 Å². The predicted molar refractivity (Wildman–Crippen MR) is 106 cm³/mol. The molecule has 0 unspecified atom stereocenters. The van der Waals surface area contributed by atoms with Crippen LogP contribution in [0.1, 0.15) is 22.1 Å². The number of nitrogens with one attached hydrogen (secondary N) is 1. The molecule has 0 aliphatic carbocycles. The average molecular weight is 371 g/mol. The van der Waals surface area contributed by atoms with Crippen LogP contribution >= 0.6 is 0 Å². The molecule has 2 aromatic heterocycles. The van der Waals surface area contributed by atoms with Crippen molar-refractivity contribution in [3.05, 3.63) is 82.5 Å². The van der Waals surface area contributed by atoms with Gasteiger partial charge in [-0.15, -0.1) is 0 Å². The minimum Gasteiger partial charge on any atom is -0.370 e. The molecular formula is C21H17N5O2. The molecule has 1 saturated heterocycles. The van der Waals surface area contributed by atoms with Gasteiger partial charge in [0.05, 0.1) is 17.8 Å². The number of hydrogen-bond donors (Lipinski definition) is 1. The number of para-hydroxylation sites is 1. The summed E-state index contributed by atoms with van der Waals surface area (Å²) in [5.41, 5.74) is 2.98. The third-order valence-corrected chi connectivity index (χ3v) is 5.12. The number of carbonyl (C=O) groups excluding carboxylic acids is 1. The SMILES string of the molecule is O=Cc1ccc(N2CC(c3nc4c(cnn4-c4ccccc4)c(=O)[nH]3)C2)cc1.